The normalized spacial score (nSPS) is 10.5. The van der Waals surface area contributed by atoms with Gasteiger partial charge in [0.15, 0.2) is 0 Å². The Morgan fingerprint density at radius 3 is 2.36 bits per heavy atom. The Labute approximate surface area is 88.7 Å². The number of nitrogens with one attached hydrogen (secondary N) is 1. The number of anilines is 1. The van der Waals surface area contributed by atoms with Crippen LogP contribution in [0.25, 0.3) is 0 Å². The van der Waals surface area contributed by atoms with E-state index in [9.17, 15) is 8.42 Å². The molecule has 1 heterocycles. The lowest BCUT2D eigenvalue weighted by atomic mass is 10.4. The fraction of sp³-hybridized carbons (Fsp3) is 0.286. The summed E-state index contributed by atoms with van der Waals surface area (Å²) in [4.78, 5) is 3.75. The molecular formula is C7H11ClN2O3S. The highest BCUT2D eigenvalue weighted by molar-refractivity contribution is 7.85. The van der Waals surface area contributed by atoms with Crippen molar-refractivity contribution in [2.24, 2.45) is 0 Å². The van der Waals surface area contributed by atoms with Crippen LogP contribution in [0.15, 0.2) is 17.0 Å². The summed E-state index contributed by atoms with van der Waals surface area (Å²) in [6.45, 7) is 1.52. The minimum atomic E-state index is -4.15. The molecule has 0 saturated heterocycles. The molecule has 14 heavy (non-hydrogen) atoms. The monoisotopic (exact) mass is 238 g/mol. The van der Waals surface area contributed by atoms with Gasteiger partial charge in [-0.1, -0.05) is 0 Å². The molecule has 1 rings (SSSR count). The Balaban J connectivity index is 0.00000169. The fourth-order valence-electron chi connectivity index (χ4n) is 0.960. The first-order valence-corrected chi connectivity index (χ1v) is 5.02. The Kier molecular flexibility index (Phi) is 4.31. The molecule has 0 aliphatic rings. The van der Waals surface area contributed by atoms with Gasteiger partial charge in [-0.25, -0.2) is 4.98 Å². The van der Waals surface area contributed by atoms with Gasteiger partial charge in [0.1, 0.15) is 10.7 Å². The highest BCUT2D eigenvalue weighted by Crippen LogP contribution is 2.14. The molecule has 0 atom stereocenters. The summed E-state index contributed by atoms with van der Waals surface area (Å²) in [5.41, 5.74) is 0.273. The molecular weight excluding hydrogens is 228 g/mol. The van der Waals surface area contributed by atoms with Crippen molar-refractivity contribution < 1.29 is 13.0 Å². The average Bonchev–Trinajstić information content (AvgIpc) is 2.01. The molecule has 5 nitrogen and oxygen atoms in total. The summed E-state index contributed by atoms with van der Waals surface area (Å²) >= 11 is 0. The summed E-state index contributed by atoms with van der Waals surface area (Å²) in [7, 11) is -2.47. The van der Waals surface area contributed by atoms with Crippen LogP contribution in [0.1, 0.15) is 5.69 Å². The molecule has 0 radical (unpaired) electrons. The number of aromatic nitrogens is 1. The molecule has 7 heteroatoms. The van der Waals surface area contributed by atoms with Gasteiger partial charge in [-0.2, -0.15) is 8.42 Å². The summed E-state index contributed by atoms with van der Waals surface area (Å²) in [5.74, 6) is 0.560. The van der Waals surface area contributed by atoms with Crippen LogP contribution in [0.3, 0.4) is 0 Å². The molecule has 0 amide bonds. The second-order valence-corrected chi connectivity index (χ2v) is 3.90. The van der Waals surface area contributed by atoms with Crippen LogP contribution in [0.4, 0.5) is 5.82 Å². The van der Waals surface area contributed by atoms with E-state index < -0.39 is 10.1 Å². The second kappa shape index (κ2) is 4.59. The SMILES string of the molecule is CNc1ccc(S(=O)(=O)O)c(C)n1.Cl. The van der Waals surface area contributed by atoms with Crippen molar-refractivity contribution >= 4 is 28.3 Å². The average molecular weight is 239 g/mol. The standard InChI is InChI=1S/C7H10N2O3S.ClH/c1-5-6(13(10,11)12)3-4-7(8-2)9-5;/h3-4H,1-2H3,(H,8,9)(H,10,11,12);1H. The lowest BCUT2D eigenvalue weighted by Crippen LogP contribution is -2.04. The maximum Gasteiger partial charge on any atom is 0.296 e. The van der Waals surface area contributed by atoms with Crippen LogP contribution in [0, 0.1) is 6.92 Å². The molecule has 0 spiro atoms. The summed E-state index contributed by atoms with van der Waals surface area (Å²) in [6, 6.07) is 2.79. The van der Waals surface area contributed by atoms with Crippen LogP contribution in [-0.4, -0.2) is 25.0 Å². The first kappa shape index (κ1) is 13.2. The van der Waals surface area contributed by atoms with E-state index in [0.29, 0.717) is 5.82 Å². The van der Waals surface area contributed by atoms with E-state index in [-0.39, 0.29) is 23.0 Å². The van der Waals surface area contributed by atoms with E-state index in [1.165, 1.54) is 19.1 Å². The lowest BCUT2D eigenvalue weighted by Gasteiger charge is -2.03. The van der Waals surface area contributed by atoms with Gasteiger partial charge in [0, 0.05) is 7.05 Å². The Morgan fingerprint density at radius 2 is 2.00 bits per heavy atom. The number of hydrogen-bond donors (Lipinski definition) is 2. The van der Waals surface area contributed by atoms with Crippen molar-refractivity contribution in [1.82, 2.24) is 4.98 Å². The van der Waals surface area contributed by atoms with Crippen LogP contribution in [0.2, 0.25) is 0 Å². The first-order chi connectivity index (χ1) is 5.95. The van der Waals surface area contributed by atoms with Crippen LogP contribution in [-0.2, 0) is 10.1 Å². The molecule has 0 fully saturated rings. The minimum absolute atomic E-state index is 0. The topological polar surface area (TPSA) is 79.3 Å². The van der Waals surface area contributed by atoms with E-state index in [2.05, 4.69) is 10.3 Å². The third kappa shape index (κ3) is 2.83. The van der Waals surface area contributed by atoms with Crippen molar-refractivity contribution in [3.63, 3.8) is 0 Å². The maximum atomic E-state index is 10.7. The number of aryl methyl sites for hydroxylation is 1. The third-order valence-electron chi connectivity index (χ3n) is 1.57. The Hall–Kier alpha value is -0.850. The van der Waals surface area contributed by atoms with Gasteiger partial charge >= 0.3 is 0 Å². The van der Waals surface area contributed by atoms with Crippen molar-refractivity contribution in [1.29, 1.82) is 0 Å². The zero-order valence-electron chi connectivity index (χ0n) is 7.68. The van der Waals surface area contributed by atoms with Gasteiger partial charge in [0.05, 0.1) is 5.69 Å². The molecule has 2 N–H and O–H groups in total. The predicted octanol–water partition coefficient (Wildman–Crippen LogP) is 1.10. The molecule has 80 valence electrons. The molecule has 0 aliphatic carbocycles. The van der Waals surface area contributed by atoms with Crippen LogP contribution >= 0.6 is 12.4 Å². The van der Waals surface area contributed by atoms with Gasteiger partial charge in [-0.3, -0.25) is 4.55 Å². The highest BCUT2D eigenvalue weighted by Gasteiger charge is 2.13. The van der Waals surface area contributed by atoms with Gasteiger partial charge in [-0.15, -0.1) is 12.4 Å². The van der Waals surface area contributed by atoms with Gasteiger partial charge < -0.3 is 5.32 Å². The summed E-state index contributed by atoms with van der Waals surface area (Å²) < 4.78 is 30.2. The molecule has 0 saturated carbocycles. The number of rotatable bonds is 2. The van der Waals surface area contributed by atoms with Gasteiger partial charge in [0.2, 0.25) is 0 Å². The van der Waals surface area contributed by atoms with Crippen LogP contribution in [0.5, 0.6) is 0 Å². The number of halogens is 1. The quantitative estimate of drug-likeness (QED) is 0.755. The third-order valence-corrected chi connectivity index (χ3v) is 2.56. The van der Waals surface area contributed by atoms with E-state index in [1.807, 2.05) is 0 Å². The molecule has 0 unspecified atom stereocenters. The molecule has 1 aromatic heterocycles. The number of nitrogens with zero attached hydrogens (tertiary/aromatic N) is 1. The van der Waals surface area contributed by atoms with E-state index in [4.69, 9.17) is 4.55 Å². The van der Waals surface area contributed by atoms with E-state index in [1.54, 1.807) is 7.05 Å². The lowest BCUT2D eigenvalue weighted by molar-refractivity contribution is 0.482. The largest absolute Gasteiger partial charge is 0.373 e. The first-order valence-electron chi connectivity index (χ1n) is 3.58. The van der Waals surface area contributed by atoms with Crippen LogP contribution < -0.4 is 5.32 Å². The van der Waals surface area contributed by atoms with Crippen molar-refractivity contribution in [3.05, 3.63) is 17.8 Å². The van der Waals surface area contributed by atoms with Crippen molar-refractivity contribution in [3.8, 4) is 0 Å². The molecule has 0 aromatic carbocycles. The van der Waals surface area contributed by atoms with E-state index in [0.717, 1.165) is 0 Å². The summed E-state index contributed by atoms with van der Waals surface area (Å²) in [5, 5.41) is 2.76. The molecule has 0 aliphatic heterocycles. The minimum Gasteiger partial charge on any atom is -0.373 e. The zero-order valence-corrected chi connectivity index (χ0v) is 9.32. The fourth-order valence-corrected chi connectivity index (χ4v) is 1.62. The number of hydrogen-bond acceptors (Lipinski definition) is 4. The smallest absolute Gasteiger partial charge is 0.296 e. The van der Waals surface area contributed by atoms with Gasteiger partial charge in [0.25, 0.3) is 10.1 Å². The van der Waals surface area contributed by atoms with E-state index >= 15 is 0 Å². The molecule has 1 aromatic rings. The number of pyridine rings is 1. The Morgan fingerprint density at radius 1 is 1.43 bits per heavy atom. The summed E-state index contributed by atoms with van der Waals surface area (Å²) in [6.07, 6.45) is 0. The van der Waals surface area contributed by atoms with Gasteiger partial charge in [-0.05, 0) is 19.1 Å². The zero-order chi connectivity index (χ0) is 10.1. The Bertz CT molecular complexity index is 419. The maximum absolute atomic E-state index is 10.7. The predicted molar refractivity (Wildman–Crippen MR) is 55.6 cm³/mol. The molecule has 0 bridgehead atoms. The highest BCUT2D eigenvalue weighted by atomic mass is 35.5. The second-order valence-electron chi connectivity index (χ2n) is 2.51. The van der Waals surface area contributed by atoms with Crippen molar-refractivity contribution in [2.45, 2.75) is 11.8 Å². The van der Waals surface area contributed by atoms with Crippen molar-refractivity contribution in [2.75, 3.05) is 12.4 Å².